The van der Waals surface area contributed by atoms with E-state index in [9.17, 15) is 24.0 Å². The minimum atomic E-state index is -0.774. The Balaban J connectivity index is 1.20. The number of esters is 1. The third-order valence-corrected chi connectivity index (χ3v) is 12.2. The van der Waals surface area contributed by atoms with E-state index in [0.29, 0.717) is 63.7 Å². The van der Waals surface area contributed by atoms with Gasteiger partial charge in [-0.1, -0.05) is 91.0 Å². The lowest BCUT2D eigenvalue weighted by Crippen LogP contribution is -2.57. The molecule has 3 aliphatic heterocycles. The molecular weight excluding hydrogens is 713 g/mol. The van der Waals surface area contributed by atoms with E-state index >= 15 is 0 Å². The van der Waals surface area contributed by atoms with E-state index < -0.39 is 35.9 Å². The summed E-state index contributed by atoms with van der Waals surface area (Å²) in [5, 5.41) is 6.09. The summed E-state index contributed by atoms with van der Waals surface area (Å²) in [4.78, 5) is 72.7. The first-order chi connectivity index (χ1) is 26.8. The van der Waals surface area contributed by atoms with Crippen molar-refractivity contribution in [1.29, 1.82) is 0 Å². The molecule has 55 heavy (non-hydrogen) atoms. The summed E-state index contributed by atoms with van der Waals surface area (Å²) in [5.41, 5.74) is 2.74. The van der Waals surface area contributed by atoms with Crippen LogP contribution in [0.4, 0.5) is 5.69 Å². The molecule has 0 saturated carbocycles. The van der Waals surface area contributed by atoms with Gasteiger partial charge in [0.25, 0.3) is 0 Å². The molecule has 3 aromatic rings. The average molecular weight is 765 g/mol. The minimum absolute atomic E-state index is 0.134. The van der Waals surface area contributed by atoms with E-state index in [2.05, 4.69) is 16.7 Å². The Kier molecular flexibility index (Phi) is 14.2. The fourth-order valence-corrected chi connectivity index (χ4v) is 9.31. The van der Waals surface area contributed by atoms with Crippen LogP contribution in [-0.4, -0.2) is 77.4 Å². The quantitative estimate of drug-likeness (QED) is 0.165. The number of thioether (sulfide) groups is 1. The van der Waals surface area contributed by atoms with E-state index in [1.54, 1.807) is 21.6 Å². The molecule has 10 nitrogen and oxygen atoms in total. The van der Waals surface area contributed by atoms with Crippen molar-refractivity contribution in [2.75, 3.05) is 24.3 Å². The second kappa shape index (κ2) is 19.6. The summed E-state index contributed by atoms with van der Waals surface area (Å²) in [7, 11) is 1.34. The number of piperidine rings is 1. The largest absolute Gasteiger partial charge is 0.467 e. The summed E-state index contributed by atoms with van der Waals surface area (Å²) in [6.45, 7) is 0.420. The number of carbonyl (C=O) groups is 5. The Hall–Kier alpha value is -4.90. The van der Waals surface area contributed by atoms with Crippen molar-refractivity contribution < 1.29 is 28.7 Å². The molecular formula is C44H52N4O6S. The molecule has 4 amide bonds. The molecule has 0 aliphatic carbocycles. The molecule has 11 heteroatoms. The molecule has 3 heterocycles. The van der Waals surface area contributed by atoms with Crippen LogP contribution < -0.4 is 15.5 Å². The zero-order valence-electron chi connectivity index (χ0n) is 31.5. The van der Waals surface area contributed by atoms with E-state index in [0.717, 1.165) is 29.7 Å². The maximum atomic E-state index is 14.3. The van der Waals surface area contributed by atoms with Gasteiger partial charge in [-0.25, -0.2) is 4.79 Å². The zero-order chi connectivity index (χ0) is 38.6. The molecule has 6 unspecified atom stereocenters. The zero-order valence-corrected chi connectivity index (χ0v) is 32.3. The van der Waals surface area contributed by atoms with Gasteiger partial charge in [0, 0.05) is 24.1 Å². The van der Waals surface area contributed by atoms with Crippen molar-refractivity contribution in [2.45, 2.75) is 87.7 Å². The lowest BCUT2D eigenvalue weighted by atomic mass is 9.86. The number of nitrogens with zero attached hydrogens (tertiary/aromatic N) is 2. The number of benzene rings is 3. The standard InChI is InChI=1S/C44H52N4O6S/c1-54-44(53)38-22-14-23-39-48(38)43(52)37(26-28-55-39)46-41(50)34(30-32-17-8-3-9-18-32)25-24-33(29-31-15-6-2-7-16-31)40(49)45-36-21-12-5-13-27-47(42(36)51)35-19-10-4-11-20-35/h2-11,13,15-20,33-34,36-39H,12,14,21-30H2,1H3,(H,45,49)(H,46,50). The van der Waals surface area contributed by atoms with Crippen molar-refractivity contribution in [3.8, 4) is 0 Å². The van der Waals surface area contributed by atoms with E-state index in [1.165, 1.54) is 7.11 Å². The van der Waals surface area contributed by atoms with Gasteiger partial charge < -0.3 is 25.2 Å². The van der Waals surface area contributed by atoms with Crippen LogP contribution in [0, 0.1) is 11.8 Å². The molecule has 0 bridgehead atoms. The first-order valence-electron chi connectivity index (χ1n) is 19.5. The summed E-state index contributed by atoms with van der Waals surface area (Å²) in [6, 6.07) is 26.9. The Morgan fingerprint density at radius 3 is 1.87 bits per heavy atom. The van der Waals surface area contributed by atoms with Crippen molar-refractivity contribution >= 4 is 47.0 Å². The molecule has 2 fully saturated rings. The Labute approximate surface area is 328 Å². The predicted octanol–water partition coefficient (Wildman–Crippen LogP) is 5.85. The number of allylic oxidation sites excluding steroid dienone is 1. The molecule has 3 aliphatic rings. The van der Waals surface area contributed by atoms with E-state index in [1.807, 2.05) is 97.1 Å². The Morgan fingerprint density at radius 1 is 0.727 bits per heavy atom. The number of fused-ring (bicyclic) bond motifs is 1. The average Bonchev–Trinajstić information content (AvgIpc) is 3.37. The Bertz CT molecular complexity index is 1790. The van der Waals surface area contributed by atoms with Gasteiger partial charge in [-0.15, -0.1) is 11.8 Å². The van der Waals surface area contributed by atoms with E-state index in [-0.39, 0.29) is 29.0 Å². The highest BCUT2D eigenvalue weighted by Gasteiger charge is 2.44. The fourth-order valence-electron chi connectivity index (χ4n) is 7.92. The van der Waals surface area contributed by atoms with E-state index in [4.69, 9.17) is 4.74 Å². The number of anilines is 1. The number of para-hydroxylation sites is 1. The second-order valence-electron chi connectivity index (χ2n) is 14.6. The van der Waals surface area contributed by atoms with Crippen molar-refractivity contribution in [2.24, 2.45) is 11.8 Å². The molecule has 0 radical (unpaired) electrons. The van der Waals surface area contributed by atoms with Crippen LogP contribution in [0.1, 0.15) is 62.5 Å². The fraction of sp³-hybridized carbons (Fsp3) is 0.432. The topological polar surface area (TPSA) is 125 Å². The van der Waals surface area contributed by atoms with Crippen LogP contribution in [0.25, 0.3) is 0 Å². The SMILES string of the molecule is COC(=O)C1CCCC2SCCC(NC(=O)C(CCC(Cc3ccccc3)C(=O)NC3CCC=CCN(c4ccccc4)C3=O)Cc3ccccc3)C(=O)N21. The highest BCUT2D eigenvalue weighted by atomic mass is 32.2. The molecule has 3 aromatic carbocycles. The minimum Gasteiger partial charge on any atom is -0.467 e. The normalized spacial score (nSPS) is 22.6. The van der Waals surface area contributed by atoms with Crippen LogP contribution >= 0.6 is 11.8 Å². The third kappa shape index (κ3) is 10.4. The molecule has 6 rings (SSSR count). The Morgan fingerprint density at radius 2 is 1.29 bits per heavy atom. The lowest BCUT2D eigenvalue weighted by Gasteiger charge is -2.40. The number of carbonyl (C=O) groups excluding carboxylic acids is 5. The number of methoxy groups -OCH3 is 1. The number of hydrogen-bond acceptors (Lipinski definition) is 7. The predicted molar refractivity (Wildman–Crippen MR) is 215 cm³/mol. The number of hydrogen-bond donors (Lipinski definition) is 2. The second-order valence-corrected chi connectivity index (χ2v) is 15.9. The number of ether oxygens (including phenoxy) is 1. The van der Waals surface area contributed by atoms with Crippen molar-refractivity contribution in [1.82, 2.24) is 15.5 Å². The maximum Gasteiger partial charge on any atom is 0.328 e. The van der Waals surface area contributed by atoms with Gasteiger partial charge >= 0.3 is 5.97 Å². The van der Waals surface area contributed by atoms with Crippen molar-refractivity contribution in [3.05, 3.63) is 114 Å². The monoisotopic (exact) mass is 764 g/mol. The number of amides is 4. The lowest BCUT2D eigenvalue weighted by molar-refractivity contribution is -0.156. The molecule has 0 aromatic heterocycles. The third-order valence-electron chi connectivity index (χ3n) is 10.9. The summed E-state index contributed by atoms with van der Waals surface area (Å²) < 4.78 is 5.07. The summed E-state index contributed by atoms with van der Waals surface area (Å²) >= 11 is 1.65. The van der Waals surface area contributed by atoms with Gasteiger partial charge in [0.1, 0.15) is 18.1 Å². The van der Waals surface area contributed by atoms with Crippen LogP contribution in [0.15, 0.2) is 103 Å². The first kappa shape index (κ1) is 39.8. The van der Waals surface area contributed by atoms with Gasteiger partial charge in [0.05, 0.1) is 12.5 Å². The highest BCUT2D eigenvalue weighted by molar-refractivity contribution is 7.99. The van der Waals surface area contributed by atoms with Crippen LogP contribution in [0.5, 0.6) is 0 Å². The first-order valence-corrected chi connectivity index (χ1v) is 20.6. The van der Waals surface area contributed by atoms with Crippen LogP contribution in [0.2, 0.25) is 0 Å². The van der Waals surface area contributed by atoms with Crippen LogP contribution in [-0.2, 0) is 41.6 Å². The smallest absolute Gasteiger partial charge is 0.328 e. The van der Waals surface area contributed by atoms with Crippen LogP contribution in [0.3, 0.4) is 0 Å². The molecule has 6 atom stereocenters. The number of nitrogens with one attached hydrogen (secondary N) is 2. The molecule has 2 saturated heterocycles. The summed E-state index contributed by atoms with van der Waals surface area (Å²) in [6.07, 6.45) is 9.44. The molecule has 290 valence electrons. The maximum absolute atomic E-state index is 14.3. The van der Waals surface area contributed by atoms with Gasteiger partial charge in [-0.05, 0) is 93.2 Å². The van der Waals surface area contributed by atoms with Gasteiger partial charge in [-0.3, -0.25) is 19.2 Å². The van der Waals surface area contributed by atoms with Gasteiger partial charge in [0.15, 0.2) is 0 Å². The highest BCUT2D eigenvalue weighted by Crippen LogP contribution is 2.35. The van der Waals surface area contributed by atoms with Crippen molar-refractivity contribution in [3.63, 3.8) is 0 Å². The van der Waals surface area contributed by atoms with Gasteiger partial charge in [-0.2, -0.15) is 0 Å². The number of rotatable bonds is 13. The summed E-state index contributed by atoms with van der Waals surface area (Å²) in [5.74, 6) is -1.68. The van der Waals surface area contributed by atoms with Gasteiger partial charge in [0.2, 0.25) is 23.6 Å². The molecule has 0 spiro atoms. The molecule has 2 N–H and O–H groups in total.